The van der Waals surface area contributed by atoms with Crippen LogP contribution in [0.3, 0.4) is 0 Å². The minimum absolute atomic E-state index is 0.0498. The van der Waals surface area contributed by atoms with Gasteiger partial charge in [0.05, 0.1) is 12.1 Å². The Balaban J connectivity index is 2.10. The molecule has 0 aliphatic carbocycles. The molecule has 0 saturated heterocycles. The Bertz CT molecular complexity index is 1110. The van der Waals surface area contributed by atoms with Crippen molar-refractivity contribution in [3.05, 3.63) is 46.2 Å². The van der Waals surface area contributed by atoms with Gasteiger partial charge in [-0.05, 0) is 38.0 Å². The smallest absolute Gasteiger partial charge is 0.328 e. The van der Waals surface area contributed by atoms with E-state index in [1.54, 1.807) is 25.1 Å². The summed E-state index contributed by atoms with van der Waals surface area (Å²) in [7, 11) is 1.38. The lowest BCUT2D eigenvalue weighted by Gasteiger charge is -2.29. The summed E-state index contributed by atoms with van der Waals surface area (Å²) in [4.78, 5) is 40.9. The van der Waals surface area contributed by atoms with E-state index in [-0.39, 0.29) is 23.1 Å². The normalized spacial score (nSPS) is 13.2. The van der Waals surface area contributed by atoms with Crippen LogP contribution in [0.2, 0.25) is 10.0 Å². The van der Waals surface area contributed by atoms with Gasteiger partial charge in [0.25, 0.3) is 5.91 Å². The Kier molecular flexibility index (Phi) is 11.3. The molecule has 0 unspecified atom stereocenters. The molecule has 1 amide bonds. The molecule has 0 fully saturated rings. The first kappa shape index (κ1) is 30.0. The highest BCUT2D eigenvalue weighted by Crippen LogP contribution is 2.31. The number of halogens is 2. The van der Waals surface area contributed by atoms with Crippen LogP contribution in [-0.4, -0.2) is 55.0 Å². The summed E-state index contributed by atoms with van der Waals surface area (Å²) in [6.07, 6.45) is 0.119. The van der Waals surface area contributed by atoms with Crippen molar-refractivity contribution >= 4 is 41.0 Å². The number of carbonyl (C=O) groups excluding carboxylic acids is 3. The van der Waals surface area contributed by atoms with Gasteiger partial charge in [-0.2, -0.15) is 0 Å². The van der Waals surface area contributed by atoms with Crippen molar-refractivity contribution in [2.45, 2.75) is 52.9 Å². The zero-order chi connectivity index (χ0) is 27.7. The fraction of sp³-hybridized carbons (Fsp3) is 0.440. The van der Waals surface area contributed by atoms with Gasteiger partial charge in [-0.25, -0.2) is 9.78 Å². The van der Waals surface area contributed by atoms with Gasteiger partial charge in [-0.1, -0.05) is 37.0 Å². The largest absolute Gasteiger partial charge is 0.493 e. The van der Waals surface area contributed by atoms with Gasteiger partial charge >= 0.3 is 11.9 Å². The van der Waals surface area contributed by atoms with Crippen LogP contribution in [0.25, 0.3) is 0 Å². The molecule has 37 heavy (non-hydrogen) atoms. The van der Waals surface area contributed by atoms with Crippen molar-refractivity contribution in [2.24, 2.45) is 5.92 Å². The molecule has 1 aromatic carbocycles. The molecule has 0 aliphatic rings. The molecular weight excluding hydrogens is 527 g/mol. The second-order valence-corrected chi connectivity index (χ2v) is 9.17. The van der Waals surface area contributed by atoms with Crippen molar-refractivity contribution in [3.8, 4) is 17.2 Å². The summed E-state index contributed by atoms with van der Waals surface area (Å²) in [5.74, 6) is -1.56. The number of benzene rings is 1. The van der Waals surface area contributed by atoms with Crippen LogP contribution in [0.1, 0.15) is 45.1 Å². The van der Waals surface area contributed by atoms with Crippen LogP contribution in [-0.2, 0) is 19.1 Å². The minimum atomic E-state index is -1.05. The summed E-state index contributed by atoms with van der Waals surface area (Å²) < 4.78 is 27.0. The zero-order valence-corrected chi connectivity index (χ0v) is 22.9. The second-order valence-electron chi connectivity index (χ2n) is 8.33. The topological polar surface area (TPSA) is 122 Å². The van der Waals surface area contributed by atoms with Crippen LogP contribution in [0.4, 0.5) is 0 Å². The van der Waals surface area contributed by atoms with Crippen molar-refractivity contribution in [1.82, 2.24) is 10.3 Å². The number of nitrogens with one attached hydrogen (secondary N) is 1. The molecule has 2 aromatic rings. The number of hydrogen-bond donors (Lipinski definition) is 1. The number of esters is 2. The van der Waals surface area contributed by atoms with Gasteiger partial charge in [0.1, 0.15) is 24.0 Å². The average Bonchev–Trinajstić information content (AvgIpc) is 2.83. The number of rotatable bonds is 12. The molecule has 12 heteroatoms. The SMILES string of the molecule is COc1ccnc(C(=O)N[C@@H](C)C(=O)O[C@H](C(C)C)[C@H](C)Oc2ccc(Cl)cc2Cl)c1OCOC(C)=O. The van der Waals surface area contributed by atoms with Crippen LogP contribution in [0, 0.1) is 5.92 Å². The van der Waals surface area contributed by atoms with Crippen molar-refractivity contribution in [3.63, 3.8) is 0 Å². The third-order valence-electron chi connectivity index (χ3n) is 5.05. The molecule has 1 heterocycles. The lowest BCUT2D eigenvalue weighted by Crippen LogP contribution is -2.45. The third kappa shape index (κ3) is 8.68. The van der Waals surface area contributed by atoms with E-state index >= 15 is 0 Å². The van der Waals surface area contributed by atoms with Crippen LogP contribution < -0.4 is 19.5 Å². The molecule has 0 radical (unpaired) electrons. The molecule has 2 rings (SSSR count). The third-order valence-corrected chi connectivity index (χ3v) is 5.58. The molecule has 10 nitrogen and oxygen atoms in total. The lowest BCUT2D eigenvalue weighted by molar-refractivity contribution is -0.158. The molecule has 0 saturated carbocycles. The van der Waals surface area contributed by atoms with E-state index in [0.717, 1.165) is 0 Å². The highest BCUT2D eigenvalue weighted by atomic mass is 35.5. The molecular formula is C25H30Cl2N2O8. The number of methoxy groups -OCH3 is 1. The number of carbonyl (C=O) groups is 3. The standard InChI is InChI=1S/C25H30Cl2N2O8/c1-13(2)22(15(4)36-19-8-7-17(26)11-18(19)27)37-25(32)14(3)29-24(31)21-23(35-12-34-16(5)30)20(33-6)9-10-28-21/h7-11,13-15,22H,12H2,1-6H3,(H,29,31)/t14-,15-,22+/m0/s1. The number of ether oxygens (including phenoxy) is 5. The molecule has 0 bridgehead atoms. The van der Waals surface area contributed by atoms with Crippen molar-refractivity contribution in [2.75, 3.05) is 13.9 Å². The number of hydrogen-bond acceptors (Lipinski definition) is 9. The zero-order valence-electron chi connectivity index (χ0n) is 21.4. The molecule has 1 aromatic heterocycles. The summed E-state index contributed by atoms with van der Waals surface area (Å²) in [6, 6.07) is 5.25. The highest BCUT2D eigenvalue weighted by molar-refractivity contribution is 6.35. The molecule has 1 N–H and O–H groups in total. The maximum Gasteiger partial charge on any atom is 0.328 e. The van der Waals surface area contributed by atoms with E-state index in [1.165, 1.54) is 33.2 Å². The predicted octanol–water partition coefficient (Wildman–Crippen LogP) is 4.45. The quantitative estimate of drug-likeness (QED) is 0.298. The maximum absolute atomic E-state index is 12.9. The molecule has 0 spiro atoms. The lowest BCUT2D eigenvalue weighted by atomic mass is 10.0. The predicted molar refractivity (Wildman–Crippen MR) is 136 cm³/mol. The minimum Gasteiger partial charge on any atom is -0.493 e. The fourth-order valence-electron chi connectivity index (χ4n) is 3.24. The fourth-order valence-corrected chi connectivity index (χ4v) is 3.69. The van der Waals surface area contributed by atoms with Gasteiger partial charge in [-0.3, -0.25) is 9.59 Å². The van der Waals surface area contributed by atoms with E-state index in [9.17, 15) is 14.4 Å². The van der Waals surface area contributed by atoms with Gasteiger partial charge in [0.2, 0.25) is 6.79 Å². The van der Waals surface area contributed by atoms with Crippen LogP contribution in [0.15, 0.2) is 30.5 Å². The molecule has 3 atom stereocenters. The molecule has 202 valence electrons. The Labute approximate surface area is 225 Å². The van der Waals surface area contributed by atoms with Gasteiger partial charge < -0.3 is 29.0 Å². The summed E-state index contributed by atoms with van der Waals surface area (Å²) >= 11 is 12.1. The van der Waals surface area contributed by atoms with E-state index in [2.05, 4.69) is 10.3 Å². The number of nitrogens with zero attached hydrogens (tertiary/aromatic N) is 1. The Morgan fingerprint density at radius 3 is 2.35 bits per heavy atom. The number of pyridine rings is 1. The first-order chi connectivity index (χ1) is 17.4. The first-order valence-electron chi connectivity index (χ1n) is 11.4. The Morgan fingerprint density at radius 2 is 1.76 bits per heavy atom. The van der Waals surface area contributed by atoms with Crippen LogP contribution >= 0.6 is 23.2 Å². The van der Waals surface area contributed by atoms with Crippen molar-refractivity contribution in [1.29, 1.82) is 0 Å². The maximum atomic E-state index is 12.9. The summed E-state index contributed by atoms with van der Waals surface area (Å²) in [6.45, 7) is 7.72. The summed E-state index contributed by atoms with van der Waals surface area (Å²) in [5, 5.41) is 3.33. The average molecular weight is 557 g/mol. The highest BCUT2D eigenvalue weighted by Gasteiger charge is 2.30. The van der Waals surface area contributed by atoms with Crippen LogP contribution in [0.5, 0.6) is 17.2 Å². The van der Waals surface area contributed by atoms with Gasteiger partial charge in [-0.15, -0.1) is 0 Å². The van der Waals surface area contributed by atoms with Crippen molar-refractivity contribution < 1.29 is 38.1 Å². The number of aromatic nitrogens is 1. The van der Waals surface area contributed by atoms with E-state index < -0.39 is 42.9 Å². The Hall–Kier alpha value is -3.24. The van der Waals surface area contributed by atoms with E-state index in [4.69, 9.17) is 46.9 Å². The monoisotopic (exact) mass is 556 g/mol. The second kappa shape index (κ2) is 13.9. The molecule has 0 aliphatic heterocycles. The summed E-state index contributed by atoms with van der Waals surface area (Å²) in [5.41, 5.74) is -0.166. The van der Waals surface area contributed by atoms with E-state index in [0.29, 0.717) is 15.8 Å². The first-order valence-corrected chi connectivity index (χ1v) is 12.1. The van der Waals surface area contributed by atoms with E-state index in [1.807, 2.05) is 13.8 Å². The number of amides is 1. The van der Waals surface area contributed by atoms with Gasteiger partial charge in [0.15, 0.2) is 17.2 Å². The Morgan fingerprint density at radius 1 is 1.05 bits per heavy atom. The van der Waals surface area contributed by atoms with Gasteiger partial charge in [0, 0.05) is 24.2 Å².